The normalized spacial score (nSPS) is 27.5. The smallest absolute Gasteiger partial charge is 0.220 e. The molecule has 2 aliphatic rings. The highest BCUT2D eigenvalue weighted by molar-refractivity contribution is 6.24. The fourth-order valence-corrected chi connectivity index (χ4v) is 2.90. The average molecular weight is 275 g/mol. The summed E-state index contributed by atoms with van der Waals surface area (Å²) in [6.45, 7) is 7.13. The molecule has 1 aliphatic heterocycles. The lowest BCUT2D eigenvalue weighted by atomic mass is 9.81. The molecular formula is C16H21NO3. The van der Waals surface area contributed by atoms with Crippen LogP contribution in [0.2, 0.25) is 0 Å². The van der Waals surface area contributed by atoms with E-state index in [1.54, 1.807) is 20.8 Å². The Labute approximate surface area is 119 Å². The number of allylic oxidation sites excluding steroid dienone is 4. The summed E-state index contributed by atoms with van der Waals surface area (Å²) in [5, 5.41) is 2.96. The predicted octanol–water partition coefficient (Wildman–Crippen LogP) is 2.24. The van der Waals surface area contributed by atoms with Gasteiger partial charge in [-0.3, -0.25) is 14.4 Å². The van der Waals surface area contributed by atoms with Gasteiger partial charge in [0.15, 0.2) is 11.6 Å². The number of carbonyl (C=O) groups excluding carboxylic acids is 3. The zero-order chi connectivity index (χ0) is 15.1. The molecule has 1 heterocycles. The van der Waals surface area contributed by atoms with E-state index in [0.717, 1.165) is 6.42 Å². The molecule has 0 aromatic rings. The summed E-state index contributed by atoms with van der Waals surface area (Å²) in [6.07, 6.45) is 2.56. The molecule has 20 heavy (non-hydrogen) atoms. The van der Waals surface area contributed by atoms with E-state index >= 15 is 0 Å². The second-order valence-electron chi connectivity index (χ2n) is 6.12. The summed E-state index contributed by atoms with van der Waals surface area (Å²) in [5.41, 5.74) is 2.02. The number of Topliss-reactive ketones (excluding diaryl/α,β-unsaturated/α-hetero) is 2. The molecule has 0 aromatic heterocycles. The van der Waals surface area contributed by atoms with Crippen molar-refractivity contribution in [3.05, 3.63) is 22.3 Å². The lowest BCUT2D eigenvalue weighted by Crippen LogP contribution is -2.38. The maximum atomic E-state index is 12.3. The van der Waals surface area contributed by atoms with Crippen molar-refractivity contribution in [2.45, 2.75) is 58.9 Å². The summed E-state index contributed by atoms with van der Waals surface area (Å²) in [5.74, 6) is 0.0152. The van der Waals surface area contributed by atoms with Gasteiger partial charge in [-0.1, -0.05) is 0 Å². The first kappa shape index (κ1) is 14.7. The summed E-state index contributed by atoms with van der Waals surface area (Å²) in [7, 11) is 0. The van der Waals surface area contributed by atoms with E-state index in [1.165, 1.54) is 0 Å². The summed E-state index contributed by atoms with van der Waals surface area (Å²) < 4.78 is 0. The van der Waals surface area contributed by atoms with Gasteiger partial charge in [-0.15, -0.1) is 0 Å². The minimum absolute atomic E-state index is 0.0208. The van der Waals surface area contributed by atoms with Crippen molar-refractivity contribution in [2.24, 2.45) is 0 Å². The number of hydrogen-bond donors (Lipinski definition) is 1. The first-order valence-electron chi connectivity index (χ1n) is 7.03. The lowest BCUT2D eigenvalue weighted by molar-refractivity contribution is -0.119. The van der Waals surface area contributed by atoms with Gasteiger partial charge in [-0.2, -0.15) is 0 Å². The Morgan fingerprint density at radius 2 is 1.60 bits per heavy atom. The average Bonchev–Trinajstić information content (AvgIpc) is 2.74. The molecule has 0 spiro atoms. The molecule has 2 rings (SSSR count). The SMILES string of the molecule is CC1=C(C)C(=O)C(CCC2(C)CCC(=O)N2)=C(C)C1=O. The fraction of sp³-hybridized carbons (Fsp3) is 0.562. The van der Waals surface area contributed by atoms with Crippen LogP contribution in [0.25, 0.3) is 0 Å². The quantitative estimate of drug-likeness (QED) is 0.803. The van der Waals surface area contributed by atoms with Crippen molar-refractivity contribution in [1.82, 2.24) is 5.32 Å². The molecule has 1 fully saturated rings. The largest absolute Gasteiger partial charge is 0.351 e. The minimum atomic E-state index is -0.252. The molecule has 0 bridgehead atoms. The molecule has 0 radical (unpaired) electrons. The zero-order valence-corrected chi connectivity index (χ0v) is 12.6. The van der Waals surface area contributed by atoms with Crippen molar-refractivity contribution in [2.75, 3.05) is 0 Å². The molecular weight excluding hydrogens is 254 g/mol. The number of hydrogen-bond acceptors (Lipinski definition) is 3. The van der Waals surface area contributed by atoms with Crippen molar-refractivity contribution in [1.29, 1.82) is 0 Å². The Morgan fingerprint density at radius 1 is 1.00 bits per heavy atom. The summed E-state index contributed by atoms with van der Waals surface area (Å²) in [4.78, 5) is 35.7. The third-order valence-electron chi connectivity index (χ3n) is 4.58. The van der Waals surface area contributed by atoms with Crippen molar-refractivity contribution in [3.8, 4) is 0 Å². The molecule has 4 nitrogen and oxygen atoms in total. The van der Waals surface area contributed by atoms with Gasteiger partial charge in [0.2, 0.25) is 5.91 Å². The highest BCUT2D eigenvalue weighted by atomic mass is 16.2. The third-order valence-corrected chi connectivity index (χ3v) is 4.58. The maximum Gasteiger partial charge on any atom is 0.220 e. The summed E-state index contributed by atoms with van der Waals surface area (Å²) >= 11 is 0. The molecule has 1 amide bonds. The second-order valence-corrected chi connectivity index (χ2v) is 6.12. The van der Waals surface area contributed by atoms with Crippen LogP contribution in [0.4, 0.5) is 0 Å². The van der Waals surface area contributed by atoms with Crippen LogP contribution >= 0.6 is 0 Å². The van der Waals surface area contributed by atoms with E-state index in [1.807, 2.05) is 6.92 Å². The third kappa shape index (κ3) is 2.47. The number of nitrogens with one attached hydrogen (secondary N) is 1. The van der Waals surface area contributed by atoms with Gasteiger partial charge in [-0.05, 0) is 47.0 Å². The maximum absolute atomic E-state index is 12.3. The number of rotatable bonds is 3. The molecule has 1 saturated heterocycles. The van der Waals surface area contributed by atoms with Gasteiger partial charge in [0.25, 0.3) is 0 Å². The van der Waals surface area contributed by atoms with Gasteiger partial charge in [-0.25, -0.2) is 0 Å². The molecule has 0 saturated carbocycles. The molecule has 1 unspecified atom stereocenters. The van der Waals surface area contributed by atoms with Gasteiger partial charge >= 0.3 is 0 Å². The van der Waals surface area contributed by atoms with Gasteiger partial charge in [0, 0.05) is 34.3 Å². The minimum Gasteiger partial charge on any atom is -0.351 e. The topological polar surface area (TPSA) is 63.2 Å². The summed E-state index contributed by atoms with van der Waals surface area (Å²) in [6, 6.07) is 0. The van der Waals surface area contributed by atoms with E-state index < -0.39 is 0 Å². The fourth-order valence-electron chi connectivity index (χ4n) is 2.90. The Bertz CT molecular complexity index is 568. The van der Waals surface area contributed by atoms with Gasteiger partial charge in [0.1, 0.15) is 0 Å². The van der Waals surface area contributed by atoms with E-state index in [-0.39, 0.29) is 23.0 Å². The standard InChI is InChI=1S/C16H21NO3/c1-9-10(2)15(20)12(11(3)14(9)19)5-7-16(4)8-6-13(18)17-16/h5-8H2,1-4H3,(H,17,18). The Kier molecular flexibility index (Phi) is 3.67. The van der Waals surface area contributed by atoms with Crippen LogP contribution in [0.3, 0.4) is 0 Å². The highest BCUT2D eigenvalue weighted by Crippen LogP contribution is 2.31. The monoisotopic (exact) mass is 275 g/mol. The van der Waals surface area contributed by atoms with Gasteiger partial charge in [0.05, 0.1) is 0 Å². The van der Waals surface area contributed by atoms with Crippen LogP contribution in [0.5, 0.6) is 0 Å². The van der Waals surface area contributed by atoms with Crippen LogP contribution in [0.1, 0.15) is 53.4 Å². The van der Waals surface area contributed by atoms with Crippen molar-refractivity contribution in [3.63, 3.8) is 0 Å². The molecule has 1 N–H and O–H groups in total. The van der Waals surface area contributed by atoms with Gasteiger partial charge < -0.3 is 5.32 Å². The van der Waals surface area contributed by atoms with E-state index in [9.17, 15) is 14.4 Å². The molecule has 0 aromatic carbocycles. The van der Waals surface area contributed by atoms with E-state index in [2.05, 4.69) is 5.32 Å². The van der Waals surface area contributed by atoms with Crippen LogP contribution in [0, 0.1) is 0 Å². The number of amides is 1. The van der Waals surface area contributed by atoms with Crippen LogP contribution in [-0.2, 0) is 14.4 Å². The number of carbonyl (C=O) groups is 3. The lowest BCUT2D eigenvalue weighted by Gasteiger charge is -2.26. The Hall–Kier alpha value is -1.71. The zero-order valence-electron chi connectivity index (χ0n) is 12.6. The number of ketones is 2. The van der Waals surface area contributed by atoms with E-state index in [4.69, 9.17) is 0 Å². The van der Waals surface area contributed by atoms with Crippen LogP contribution < -0.4 is 5.32 Å². The Morgan fingerprint density at radius 3 is 2.15 bits per heavy atom. The molecule has 1 aliphatic carbocycles. The predicted molar refractivity (Wildman–Crippen MR) is 76.1 cm³/mol. The molecule has 108 valence electrons. The second kappa shape index (κ2) is 5.00. The first-order valence-corrected chi connectivity index (χ1v) is 7.03. The van der Waals surface area contributed by atoms with Crippen LogP contribution in [0.15, 0.2) is 22.3 Å². The highest BCUT2D eigenvalue weighted by Gasteiger charge is 2.34. The van der Waals surface area contributed by atoms with Crippen molar-refractivity contribution < 1.29 is 14.4 Å². The molecule has 4 heteroatoms. The molecule has 1 atom stereocenters. The van der Waals surface area contributed by atoms with Crippen LogP contribution in [-0.4, -0.2) is 23.0 Å². The van der Waals surface area contributed by atoms with E-state index in [0.29, 0.717) is 41.6 Å². The first-order chi connectivity index (χ1) is 9.25. The Balaban J connectivity index is 2.15. The van der Waals surface area contributed by atoms with Crippen molar-refractivity contribution >= 4 is 17.5 Å².